The minimum Gasteiger partial charge on any atom is -0.228 e. The topological polar surface area (TPSA) is 19.9 Å². The molecule has 4 unspecified atom stereocenters. The first-order valence-corrected chi connectivity index (χ1v) is 12.6. The Labute approximate surface area is 174 Å². The molecule has 1 heteroatoms. The second-order valence-electron chi connectivity index (χ2n) is 12.1. The summed E-state index contributed by atoms with van der Waals surface area (Å²) in [6, 6.07) is 0. The second-order valence-corrected chi connectivity index (χ2v) is 12.1. The van der Waals surface area contributed by atoms with Gasteiger partial charge in [0.2, 0.25) is 0 Å². The van der Waals surface area contributed by atoms with E-state index in [2.05, 4.69) is 40.7 Å². The molecule has 4 aliphatic rings. The van der Waals surface area contributed by atoms with Gasteiger partial charge in [-0.1, -0.05) is 60.0 Å². The highest BCUT2D eigenvalue weighted by Gasteiger charge is 2.59. The van der Waals surface area contributed by atoms with Crippen LogP contribution in [0.4, 0.5) is 0 Å². The molecule has 0 aliphatic heterocycles. The summed E-state index contributed by atoms with van der Waals surface area (Å²) in [5, 5.41) is 12.7. The van der Waals surface area contributed by atoms with Gasteiger partial charge in [-0.2, -0.15) is 0 Å². The Bertz CT molecular complexity index is 591. The molecule has 0 spiro atoms. The van der Waals surface area contributed by atoms with E-state index < -0.39 is 6.10 Å². The van der Waals surface area contributed by atoms with Crippen LogP contribution < -0.4 is 0 Å². The molecular weight excluding hydrogens is 340 g/mol. The lowest BCUT2D eigenvalue weighted by molar-refractivity contribution is -0.0645. The molecule has 3 fully saturated rings. The molecule has 1 nitrogen and oxygen atoms in total. The van der Waals surface area contributed by atoms with Crippen LogP contribution in [0.1, 0.15) is 105 Å². The fraction of sp³-hybridized carbons (Fsp3) is 0.926. The number of hydrogen-bond donors (Lipinski definition) is 0. The van der Waals surface area contributed by atoms with E-state index >= 15 is 0 Å². The van der Waals surface area contributed by atoms with Gasteiger partial charge in [0.25, 0.3) is 0 Å². The van der Waals surface area contributed by atoms with Crippen molar-refractivity contribution in [3.05, 3.63) is 11.6 Å². The normalized spacial score (nSPS) is 46.5. The van der Waals surface area contributed by atoms with Crippen LogP contribution in [-0.4, -0.2) is 6.10 Å². The molecule has 159 valence electrons. The molecule has 0 aromatic heterocycles. The van der Waals surface area contributed by atoms with Crippen molar-refractivity contribution < 1.29 is 5.11 Å². The summed E-state index contributed by atoms with van der Waals surface area (Å²) in [4.78, 5) is 0. The minimum atomic E-state index is -0.398. The standard InChI is InChI=1S/C27H45O/c1-18(2)8-6-9-19(3)21-13-14-22-20-11-12-24-25(28)10-7-16-26(24,4)23(20)15-17-27(21,22)5/h12,18-23,25H,6-11,13-17H2,1-5H3/t19-,20?,21-,22?,23?,25?,26-,27-/m1/s1. The van der Waals surface area contributed by atoms with E-state index in [0.29, 0.717) is 5.41 Å². The van der Waals surface area contributed by atoms with Crippen molar-refractivity contribution in [3.8, 4) is 0 Å². The number of fused-ring (bicyclic) bond motifs is 5. The Morgan fingerprint density at radius 1 is 1.00 bits per heavy atom. The predicted molar refractivity (Wildman–Crippen MR) is 118 cm³/mol. The Hall–Kier alpha value is -0.300. The van der Waals surface area contributed by atoms with E-state index in [9.17, 15) is 5.11 Å². The van der Waals surface area contributed by atoms with Gasteiger partial charge in [-0.05, 0) is 103 Å². The fourth-order valence-corrected chi connectivity index (χ4v) is 8.78. The summed E-state index contributed by atoms with van der Waals surface area (Å²) in [6.07, 6.45) is 16.5. The summed E-state index contributed by atoms with van der Waals surface area (Å²) in [5.74, 6) is 5.21. The summed E-state index contributed by atoms with van der Waals surface area (Å²) in [5.41, 5.74) is 2.11. The third-order valence-corrected chi connectivity index (χ3v) is 10.2. The van der Waals surface area contributed by atoms with Gasteiger partial charge in [0, 0.05) is 0 Å². The summed E-state index contributed by atoms with van der Waals surface area (Å²) >= 11 is 0. The zero-order valence-electron chi connectivity index (χ0n) is 19.3. The van der Waals surface area contributed by atoms with E-state index in [1.807, 2.05) is 0 Å². The first-order valence-electron chi connectivity index (χ1n) is 12.6. The largest absolute Gasteiger partial charge is 0.228 e. The first-order chi connectivity index (χ1) is 13.3. The fourth-order valence-electron chi connectivity index (χ4n) is 8.78. The molecule has 0 aromatic rings. The van der Waals surface area contributed by atoms with Crippen molar-refractivity contribution in [2.45, 2.75) is 111 Å². The van der Waals surface area contributed by atoms with Gasteiger partial charge in [0.05, 0.1) is 0 Å². The van der Waals surface area contributed by atoms with Crippen molar-refractivity contribution in [3.63, 3.8) is 0 Å². The molecule has 0 heterocycles. The lowest BCUT2D eigenvalue weighted by atomic mass is 9.47. The van der Waals surface area contributed by atoms with Crippen LogP contribution >= 0.6 is 0 Å². The average molecular weight is 386 g/mol. The Morgan fingerprint density at radius 3 is 2.54 bits per heavy atom. The van der Waals surface area contributed by atoms with Gasteiger partial charge in [0.1, 0.15) is 6.10 Å². The molecule has 1 radical (unpaired) electrons. The highest BCUT2D eigenvalue weighted by molar-refractivity contribution is 5.27. The van der Waals surface area contributed by atoms with E-state index in [1.165, 1.54) is 63.4 Å². The van der Waals surface area contributed by atoms with E-state index in [0.717, 1.165) is 48.3 Å². The summed E-state index contributed by atoms with van der Waals surface area (Å²) in [7, 11) is 0. The second kappa shape index (κ2) is 7.75. The number of rotatable bonds is 5. The zero-order chi connectivity index (χ0) is 20.1. The lowest BCUT2D eigenvalue weighted by Crippen LogP contribution is -2.51. The maximum Gasteiger partial charge on any atom is 0.115 e. The smallest absolute Gasteiger partial charge is 0.115 e. The molecule has 4 aliphatic carbocycles. The predicted octanol–water partition coefficient (Wildman–Crippen LogP) is 7.83. The van der Waals surface area contributed by atoms with Crippen LogP contribution in [0.25, 0.3) is 0 Å². The SMILES string of the molecule is CC(C)CCC[C@@H](C)[C@H]1CCC2C3CC=C4C([O])CCC[C@]4(C)C3CC[C@@]21C. The van der Waals surface area contributed by atoms with Crippen molar-refractivity contribution in [2.75, 3.05) is 0 Å². The molecule has 4 rings (SSSR count). The van der Waals surface area contributed by atoms with Crippen LogP contribution in [0.3, 0.4) is 0 Å². The summed E-state index contributed by atoms with van der Waals surface area (Å²) in [6.45, 7) is 12.4. The van der Waals surface area contributed by atoms with Crippen LogP contribution in [-0.2, 0) is 5.11 Å². The van der Waals surface area contributed by atoms with Crippen LogP contribution in [0, 0.1) is 46.3 Å². The van der Waals surface area contributed by atoms with Gasteiger partial charge in [-0.15, -0.1) is 0 Å². The summed E-state index contributed by atoms with van der Waals surface area (Å²) < 4.78 is 0. The molecule has 0 aromatic carbocycles. The van der Waals surface area contributed by atoms with Gasteiger partial charge in [0.15, 0.2) is 0 Å². The third kappa shape index (κ3) is 3.32. The van der Waals surface area contributed by atoms with Crippen LogP contribution in [0.15, 0.2) is 11.6 Å². The Kier molecular flexibility index (Phi) is 5.80. The molecule has 3 saturated carbocycles. The van der Waals surface area contributed by atoms with Gasteiger partial charge in [-0.25, -0.2) is 5.11 Å². The monoisotopic (exact) mass is 385 g/mol. The molecule has 0 amide bonds. The number of allylic oxidation sites excluding steroid dienone is 1. The average Bonchev–Trinajstić information content (AvgIpc) is 2.98. The highest BCUT2D eigenvalue weighted by atomic mass is 16.3. The molecule has 0 bridgehead atoms. The Balaban J connectivity index is 1.50. The van der Waals surface area contributed by atoms with Crippen LogP contribution in [0.5, 0.6) is 0 Å². The lowest BCUT2D eigenvalue weighted by Gasteiger charge is -2.58. The van der Waals surface area contributed by atoms with E-state index in [4.69, 9.17) is 0 Å². The maximum atomic E-state index is 12.7. The van der Waals surface area contributed by atoms with Crippen molar-refractivity contribution in [1.29, 1.82) is 0 Å². The van der Waals surface area contributed by atoms with Crippen LogP contribution in [0.2, 0.25) is 0 Å². The third-order valence-electron chi connectivity index (χ3n) is 10.2. The van der Waals surface area contributed by atoms with E-state index in [-0.39, 0.29) is 5.41 Å². The zero-order valence-corrected chi connectivity index (χ0v) is 19.3. The van der Waals surface area contributed by atoms with Gasteiger partial charge in [-0.3, -0.25) is 0 Å². The molecule has 28 heavy (non-hydrogen) atoms. The van der Waals surface area contributed by atoms with Gasteiger partial charge >= 0.3 is 0 Å². The molecule has 8 atom stereocenters. The first kappa shape index (κ1) is 21.0. The quantitative estimate of drug-likeness (QED) is 0.430. The minimum absolute atomic E-state index is 0.232. The molecule has 0 saturated heterocycles. The van der Waals surface area contributed by atoms with Gasteiger partial charge < -0.3 is 0 Å². The van der Waals surface area contributed by atoms with Crippen molar-refractivity contribution in [2.24, 2.45) is 46.3 Å². The Morgan fingerprint density at radius 2 is 1.79 bits per heavy atom. The van der Waals surface area contributed by atoms with E-state index in [1.54, 1.807) is 0 Å². The van der Waals surface area contributed by atoms with Crippen molar-refractivity contribution in [1.82, 2.24) is 0 Å². The maximum absolute atomic E-state index is 12.7. The number of hydrogen-bond acceptors (Lipinski definition) is 0. The molecular formula is C27H45O. The van der Waals surface area contributed by atoms with Crippen molar-refractivity contribution >= 4 is 0 Å². The highest BCUT2D eigenvalue weighted by Crippen LogP contribution is 2.67. The molecule has 0 N–H and O–H groups in total.